The number of amides is 2. The van der Waals surface area contributed by atoms with Crippen LogP contribution in [0.25, 0.3) is 10.2 Å². The SMILES string of the molecule is Cc1cc(Cl)ccc1N1C(=O)c2cc3ccsc3n2C[C@]1(C)C(=O)NCc1ccc(F)cc1. The number of rotatable bonds is 4. The van der Waals surface area contributed by atoms with E-state index in [4.69, 9.17) is 11.6 Å². The molecule has 1 aliphatic heterocycles. The predicted octanol–water partition coefficient (Wildman–Crippen LogP) is 5.54. The maximum atomic E-state index is 13.8. The molecule has 0 spiro atoms. The van der Waals surface area contributed by atoms with Crippen LogP contribution in [0.3, 0.4) is 0 Å². The van der Waals surface area contributed by atoms with Crippen molar-refractivity contribution in [2.45, 2.75) is 32.5 Å². The van der Waals surface area contributed by atoms with E-state index in [-0.39, 0.29) is 24.2 Å². The van der Waals surface area contributed by atoms with Crippen molar-refractivity contribution in [2.75, 3.05) is 4.90 Å². The van der Waals surface area contributed by atoms with Crippen LogP contribution in [0, 0.1) is 12.7 Å². The molecule has 168 valence electrons. The van der Waals surface area contributed by atoms with Gasteiger partial charge in [0, 0.05) is 22.6 Å². The Hall–Kier alpha value is -3.16. The summed E-state index contributed by atoms with van der Waals surface area (Å²) in [6.45, 7) is 4.18. The Labute approximate surface area is 199 Å². The second kappa shape index (κ2) is 8.01. The number of carbonyl (C=O) groups is 2. The lowest BCUT2D eigenvalue weighted by atomic mass is 9.93. The van der Waals surface area contributed by atoms with Crippen LogP contribution >= 0.6 is 22.9 Å². The number of carbonyl (C=O) groups excluding carboxylic acids is 2. The van der Waals surface area contributed by atoms with Gasteiger partial charge in [0.25, 0.3) is 5.91 Å². The summed E-state index contributed by atoms with van der Waals surface area (Å²) in [5.41, 5.74) is 1.57. The zero-order valence-corrected chi connectivity index (χ0v) is 19.6. The minimum atomic E-state index is -1.20. The average molecular weight is 482 g/mol. The standard InChI is InChI=1S/C25H21ClFN3O2S/c1-15-11-18(26)5-8-20(15)30-22(31)21-12-17-9-10-33-23(17)29(21)14-25(30,2)24(32)28-13-16-3-6-19(27)7-4-16/h3-12H,13-14H2,1-2H3,(H,28,32)/t25-/m1/s1. The van der Waals surface area contributed by atoms with E-state index in [1.807, 2.05) is 29.0 Å². The van der Waals surface area contributed by atoms with E-state index >= 15 is 0 Å². The third kappa shape index (κ3) is 3.61. The molecule has 1 atom stereocenters. The van der Waals surface area contributed by atoms with Gasteiger partial charge in [-0.2, -0.15) is 0 Å². The first-order chi connectivity index (χ1) is 15.8. The molecule has 0 unspecified atom stereocenters. The molecule has 0 radical (unpaired) electrons. The lowest BCUT2D eigenvalue weighted by molar-refractivity contribution is -0.126. The molecule has 0 aliphatic carbocycles. The maximum absolute atomic E-state index is 13.8. The third-order valence-corrected chi connectivity index (χ3v) is 7.33. The van der Waals surface area contributed by atoms with Crippen molar-refractivity contribution >= 4 is 50.7 Å². The average Bonchev–Trinajstić information content (AvgIpc) is 3.37. The van der Waals surface area contributed by atoms with E-state index < -0.39 is 5.54 Å². The minimum Gasteiger partial charge on any atom is -0.350 e. The molecule has 2 amide bonds. The van der Waals surface area contributed by atoms with Crippen LogP contribution in [0.1, 0.15) is 28.5 Å². The summed E-state index contributed by atoms with van der Waals surface area (Å²) in [5.74, 6) is -0.868. The molecule has 5 nitrogen and oxygen atoms in total. The van der Waals surface area contributed by atoms with Gasteiger partial charge in [0.2, 0.25) is 5.91 Å². The molecular formula is C25H21ClFN3O2S. The molecule has 0 saturated carbocycles. The lowest BCUT2D eigenvalue weighted by Crippen LogP contribution is -2.64. The smallest absolute Gasteiger partial charge is 0.275 e. The first-order valence-electron chi connectivity index (χ1n) is 10.5. The van der Waals surface area contributed by atoms with Crippen LogP contribution in [0.15, 0.2) is 60.0 Å². The van der Waals surface area contributed by atoms with Crippen LogP contribution in [0.5, 0.6) is 0 Å². The number of nitrogens with zero attached hydrogens (tertiary/aromatic N) is 2. The molecule has 2 aromatic heterocycles. The number of benzene rings is 2. The van der Waals surface area contributed by atoms with Crippen molar-refractivity contribution in [1.29, 1.82) is 0 Å². The number of thiophene rings is 1. The molecule has 0 bridgehead atoms. The summed E-state index contributed by atoms with van der Waals surface area (Å²) in [6.07, 6.45) is 0. The highest BCUT2D eigenvalue weighted by Gasteiger charge is 2.49. The number of nitrogens with one attached hydrogen (secondary N) is 1. The Morgan fingerprint density at radius 1 is 1.18 bits per heavy atom. The van der Waals surface area contributed by atoms with Crippen LogP contribution in [0.4, 0.5) is 10.1 Å². The van der Waals surface area contributed by atoms with Crippen LogP contribution in [-0.2, 0) is 17.9 Å². The van der Waals surface area contributed by atoms with Crippen molar-refractivity contribution in [1.82, 2.24) is 9.88 Å². The fourth-order valence-electron chi connectivity index (χ4n) is 4.42. The third-order valence-electron chi connectivity index (χ3n) is 6.14. The van der Waals surface area contributed by atoms with Gasteiger partial charge in [0.15, 0.2) is 0 Å². The van der Waals surface area contributed by atoms with Gasteiger partial charge < -0.3 is 9.88 Å². The Morgan fingerprint density at radius 2 is 1.94 bits per heavy atom. The summed E-state index contributed by atoms with van der Waals surface area (Å²) in [7, 11) is 0. The van der Waals surface area contributed by atoms with Crippen molar-refractivity contribution < 1.29 is 14.0 Å². The summed E-state index contributed by atoms with van der Waals surface area (Å²) < 4.78 is 15.2. The van der Waals surface area contributed by atoms with Gasteiger partial charge >= 0.3 is 0 Å². The lowest BCUT2D eigenvalue weighted by Gasteiger charge is -2.44. The van der Waals surface area contributed by atoms with Crippen LogP contribution in [-0.4, -0.2) is 21.9 Å². The van der Waals surface area contributed by atoms with Gasteiger partial charge in [-0.15, -0.1) is 11.3 Å². The molecule has 8 heteroatoms. The van der Waals surface area contributed by atoms with Crippen LogP contribution < -0.4 is 10.2 Å². The van der Waals surface area contributed by atoms with Gasteiger partial charge in [0.05, 0.1) is 6.54 Å². The van der Waals surface area contributed by atoms with Crippen molar-refractivity contribution in [3.63, 3.8) is 0 Å². The van der Waals surface area contributed by atoms with Gasteiger partial charge in [-0.05, 0) is 72.8 Å². The Balaban J connectivity index is 1.57. The molecule has 1 aliphatic rings. The quantitative estimate of drug-likeness (QED) is 0.416. The Kier molecular flexibility index (Phi) is 5.26. The fourth-order valence-corrected chi connectivity index (χ4v) is 5.54. The summed E-state index contributed by atoms with van der Waals surface area (Å²) in [4.78, 5) is 30.0. The summed E-state index contributed by atoms with van der Waals surface area (Å²) in [5, 5.41) is 6.47. The zero-order valence-electron chi connectivity index (χ0n) is 18.1. The van der Waals surface area contributed by atoms with Gasteiger partial charge in [-0.25, -0.2) is 4.39 Å². The van der Waals surface area contributed by atoms with Crippen LogP contribution in [0.2, 0.25) is 5.02 Å². The number of aromatic nitrogens is 1. The molecule has 3 heterocycles. The maximum Gasteiger partial charge on any atom is 0.275 e. The molecular weight excluding hydrogens is 461 g/mol. The number of halogens is 2. The molecule has 0 saturated heterocycles. The molecule has 0 fully saturated rings. The Morgan fingerprint density at radius 3 is 2.67 bits per heavy atom. The summed E-state index contributed by atoms with van der Waals surface area (Å²) >= 11 is 7.71. The largest absolute Gasteiger partial charge is 0.350 e. The van der Waals surface area contributed by atoms with E-state index in [9.17, 15) is 14.0 Å². The van der Waals surface area contributed by atoms with E-state index in [2.05, 4.69) is 5.32 Å². The highest BCUT2D eigenvalue weighted by atomic mass is 35.5. The molecule has 4 aromatic rings. The Bertz CT molecular complexity index is 1390. The van der Waals surface area contributed by atoms with E-state index in [0.717, 1.165) is 21.3 Å². The van der Waals surface area contributed by atoms with Gasteiger partial charge in [-0.1, -0.05) is 23.7 Å². The highest BCUT2D eigenvalue weighted by Crippen LogP contribution is 2.39. The molecule has 5 rings (SSSR count). The first kappa shape index (κ1) is 21.7. The number of fused-ring (bicyclic) bond motifs is 3. The van der Waals surface area contributed by atoms with E-state index in [0.29, 0.717) is 22.9 Å². The topological polar surface area (TPSA) is 54.3 Å². The number of hydrogen-bond acceptors (Lipinski definition) is 3. The first-order valence-corrected chi connectivity index (χ1v) is 11.7. The zero-order chi connectivity index (χ0) is 23.3. The number of aryl methyl sites for hydroxylation is 1. The van der Waals surface area contributed by atoms with Gasteiger partial charge in [0.1, 0.15) is 21.9 Å². The fraction of sp³-hybridized carbons (Fsp3) is 0.200. The second-order valence-corrected chi connectivity index (χ2v) is 9.78. The number of hydrogen-bond donors (Lipinski definition) is 1. The predicted molar refractivity (Wildman–Crippen MR) is 129 cm³/mol. The van der Waals surface area contributed by atoms with Crippen molar-refractivity contribution in [2.24, 2.45) is 0 Å². The number of anilines is 1. The highest BCUT2D eigenvalue weighted by molar-refractivity contribution is 7.16. The van der Waals surface area contributed by atoms with Crippen molar-refractivity contribution in [3.05, 3.63) is 87.6 Å². The summed E-state index contributed by atoms with van der Waals surface area (Å²) in [6, 6.07) is 15.1. The van der Waals surface area contributed by atoms with E-state index in [1.165, 1.54) is 12.1 Å². The van der Waals surface area contributed by atoms with E-state index in [1.54, 1.807) is 53.5 Å². The molecule has 33 heavy (non-hydrogen) atoms. The second-order valence-electron chi connectivity index (χ2n) is 8.45. The minimum absolute atomic E-state index is 0.225. The normalized spacial score (nSPS) is 17.9. The monoisotopic (exact) mass is 481 g/mol. The molecule has 2 aromatic carbocycles. The van der Waals surface area contributed by atoms with Crippen molar-refractivity contribution in [3.8, 4) is 0 Å². The molecule has 1 N–H and O–H groups in total. The van der Waals surface area contributed by atoms with Gasteiger partial charge in [-0.3, -0.25) is 14.5 Å².